The van der Waals surface area contributed by atoms with Crippen molar-refractivity contribution in [2.24, 2.45) is 0 Å². The predicted molar refractivity (Wildman–Crippen MR) is 104 cm³/mol. The van der Waals surface area contributed by atoms with E-state index >= 15 is 0 Å². The van der Waals surface area contributed by atoms with Gasteiger partial charge in [0, 0.05) is 17.0 Å². The van der Waals surface area contributed by atoms with Gasteiger partial charge < -0.3 is 9.73 Å². The minimum absolute atomic E-state index is 0.297. The standard InChI is InChI=1S/C22H24ClNO/c1-17(19-9-11-21(23)12-10-19)24-14-13-20(22-8-5-15-25-22)16-18-6-3-2-4-7-18/h2-12,15,17,20,24H,13-14,16H2,1H3/t17-,20-/m1/s1. The van der Waals surface area contributed by atoms with Crippen LogP contribution >= 0.6 is 11.6 Å². The molecule has 1 N–H and O–H groups in total. The monoisotopic (exact) mass is 353 g/mol. The van der Waals surface area contributed by atoms with Crippen molar-refractivity contribution in [3.63, 3.8) is 0 Å². The van der Waals surface area contributed by atoms with Crippen molar-refractivity contribution in [2.75, 3.05) is 6.54 Å². The molecule has 0 aliphatic carbocycles. The Balaban J connectivity index is 1.58. The Morgan fingerprint density at radius 3 is 2.40 bits per heavy atom. The van der Waals surface area contributed by atoms with Gasteiger partial charge in [-0.1, -0.05) is 54.1 Å². The fourth-order valence-electron chi connectivity index (χ4n) is 3.11. The molecule has 0 amide bonds. The van der Waals surface area contributed by atoms with Crippen LogP contribution in [0.4, 0.5) is 0 Å². The van der Waals surface area contributed by atoms with Crippen molar-refractivity contribution in [3.8, 4) is 0 Å². The summed E-state index contributed by atoms with van der Waals surface area (Å²) in [5.74, 6) is 1.44. The van der Waals surface area contributed by atoms with E-state index in [1.807, 2.05) is 18.2 Å². The van der Waals surface area contributed by atoms with Crippen LogP contribution in [0.15, 0.2) is 77.4 Å². The van der Waals surface area contributed by atoms with Crippen molar-refractivity contribution in [3.05, 3.63) is 94.9 Å². The summed E-state index contributed by atoms with van der Waals surface area (Å²) in [6.07, 6.45) is 3.78. The van der Waals surface area contributed by atoms with E-state index in [0.29, 0.717) is 12.0 Å². The highest BCUT2D eigenvalue weighted by Crippen LogP contribution is 2.25. The van der Waals surface area contributed by atoms with Crippen molar-refractivity contribution in [1.29, 1.82) is 0 Å². The number of benzene rings is 2. The van der Waals surface area contributed by atoms with E-state index in [9.17, 15) is 0 Å². The van der Waals surface area contributed by atoms with Crippen LogP contribution in [0.5, 0.6) is 0 Å². The second-order valence-corrected chi connectivity index (χ2v) is 6.85. The minimum Gasteiger partial charge on any atom is -0.469 e. The maximum Gasteiger partial charge on any atom is 0.107 e. The summed E-state index contributed by atoms with van der Waals surface area (Å²) >= 11 is 5.97. The molecule has 0 aliphatic heterocycles. The van der Waals surface area contributed by atoms with Crippen LogP contribution in [0.1, 0.15) is 42.2 Å². The van der Waals surface area contributed by atoms with Crippen LogP contribution in [-0.4, -0.2) is 6.54 Å². The maximum absolute atomic E-state index is 5.97. The van der Waals surface area contributed by atoms with E-state index in [0.717, 1.165) is 30.2 Å². The molecule has 0 bridgehead atoms. The lowest BCUT2D eigenvalue weighted by Gasteiger charge is -2.18. The van der Waals surface area contributed by atoms with Crippen LogP contribution < -0.4 is 5.32 Å². The fourth-order valence-corrected chi connectivity index (χ4v) is 3.24. The number of hydrogen-bond donors (Lipinski definition) is 1. The van der Waals surface area contributed by atoms with E-state index < -0.39 is 0 Å². The third kappa shape index (κ3) is 5.22. The summed E-state index contributed by atoms with van der Waals surface area (Å²) in [7, 11) is 0. The highest BCUT2D eigenvalue weighted by Gasteiger charge is 2.15. The Labute approximate surface area is 154 Å². The Hall–Kier alpha value is -2.03. The Bertz CT molecular complexity index is 737. The first-order valence-corrected chi connectivity index (χ1v) is 9.16. The molecule has 2 nitrogen and oxygen atoms in total. The average molecular weight is 354 g/mol. The van der Waals surface area contributed by atoms with Gasteiger partial charge in [-0.2, -0.15) is 0 Å². The molecule has 0 saturated heterocycles. The normalized spacial score (nSPS) is 13.5. The highest BCUT2D eigenvalue weighted by molar-refractivity contribution is 6.30. The summed E-state index contributed by atoms with van der Waals surface area (Å²) in [6.45, 7) is 3.12. The first-order valence-electron chi connectivity index (χ1n) is 8.78. The molecule has 0 aliphatic rings. The SMILES string of the molecule is C[C@@H](NCC[C@H](Cc1ccccc1)c1ccco1)c1ccc(Cl)cc1. The van der Waals surface area contributed by atoms with Gasteiger partial charge >= 0.3 is 0 Å². The van der Waals surface area contributed by atoms with Gasteiger partial charge in [0.25, 0.3) is 0 Å². The molecule has 1 aromatic heterocycles. The molecule has 0 spiro atoms. The van der Waals surface area contributed by atoms with E-state index in [-0.39, 0.29) is 0 Å². The van der Waals surface area contributed by atoms with Gasteiger partial charge in [0.05, 0.1) is 6.26 Å². The molecule has 25 heavy (non-hydrogen) atoms. The first kappa shape index (κ1) is 17.8. The van der Waals surface area contributed by atoms with Crippen molar-refractivity contribution < 1.29 is 4.42 Å². The van der Waals surface area contributed by atoms with Gasteiger partial charge in [-0.25, -0.2) is 0 Å². The third-order valence-corrected chi connectivity index (χ3v) is 4.84. The molecule has 1 heterocycles. The molecule has 130 valence electrons. The highest BCUT2D eigenvalue weighted by atomic mass is 35.5. The minimum atomic E-state index is 0.297. The quantitative estimate of drug-likeness (QED) is 0.537. The Morgan fingerprint density at radius 2 is 1.72 bits per heavy atom. The number of furan rings is 1. The lowest BCUT2D eigenvalue weighted by atomic mass is 9.93. The van der Waals surface area contributed by atoms with Crippen molar-refractivity contribution >= 4 is 11.6 Å². The molecular formula is C22H24ClNO. The number of rotatable bonds is 8. The van der Waals surface area contributed by atoms with Gasteiger partial charge in [-0.05, 0) is 61.7 Å². The van der Waals surface area contributed by atoms with Gasteiger partial charge in [0.1, 0.15) is 5.76 Å². The second-order valence-electron chi connectivity index (χ2n) is 6.42. The Kier molecular flexibility index (Phi) is 6.32. The van der Waals surface area contributed by atoms with Gasteiger partial charge in [-0.3, -0.25) is 0 Å². The zero-order valence-electron chi connectivity index (χ0n) is 14.5. The van der Waals surface area contributed by atoms with Gasteiger partial charge in [-0.15, -0.1) is 0 Å². The van der Waals surface area contributed by atoms with Crippen LogP contribution in [-0.2, 0) is 6.42 Å². The van der Waals surface area contributed by atoms with Crippen molar-refractivity contribution in [1.82, 2.24) is 5.32 Å². The first-order chi connectivity index (χ1) is 12.2. The summed E-state index contributed by atoms with van der Waals surface area (Å²) in [4.78, 5) is 0. The zero-order chi connectivity index (χ0) is 17.5. The molecule has 0 saturated carbocycles. The maximum atomic E-state index is 5.97. The molecular weight excluding hydrogens is 330 g/mol. The van der Waals surface area contributed by atoms with E-state index in [1.165, 1.54) is 11.1 Å². The summed E-state index contributed by atoms with van der Waals surface area (Å²) in [5, 5.41) is 4.39. The molecule has 3 heteroatoms. The molecule has 2 atom stereocenters. The topological polar surface area (TPSA) is 25.2 Å². The molecule has 3 rings (SSSR count). The van der Waals surface area contributed by atoms with Crippen molar-refractivity contribution in [2.45, 2.75) is 31.7 Å². The van der Waals surface area contributed by atoms with Gasteiger partial charge in [0.2, 0.25) is 0 Å². The fraction of sp³-hybridized carbons (Fsp3) is 0.273. The van der Waals surface area contributed by atoms with Crippen LogP contribution in [0.25, 0.3) is 0 Å². The summed E-state index contributed by atoms with van der Waals surface area (Å²) in [5.41, 5.74) is 2.59. The summed E-state index contributed by atoms with van der Waals surface area (Å²) < 4.78 is 5.68. The van der Waals surface area contributed by atoms with Crippen LogP contribution in [0, 0.1) is 0 Å². The lowest BCUT2D eigenvalue weighted by molar-refractivity contribution is 0.428. The number of halogens is 1. The van der Waals surface area contributed by atoms with Gasteiger partial charge in [0.15, 0.2) is 0 Å². The lowest BCUT2D eigenvalue weighted by Crippen LogP contribution is -2.22. The zero-order valence-corrected chi connectivity index (χ0v) is 15.2. The third-order valence-electron chi connectivity index (χ3n) is 4.58. The molecule has 2 aromatic carbocycles. The molecule has 0 radical (unpaired) electrons. The Morgan fingerprint density at radius 1 is 0.960 bits per heavy atom. The number of hydrogen-bond acceptors (Lipinski definition) is 2. The van der Waals surface area contributed by atoms with E-state index in [2.05, 4.69) is 60.8 Å². The van der Waals surface area contributed by atoms with E-state index in [4.69, 9.17) is 16.0 Å². The predicted octanol–water partition coefficient (Wildman–Crippen LogP) is 6.00. The molecule has 3 aromatic rings. The average Bonchev–Trinajstić information content (AvgIpc) is 3.17. The van der Waals surface area contributed by atoms with Crippen LogP contribution in [0.3, 0.4) is 0 Å². The summed E-state index contributed by atoms with van der Waals surface area (Å²) in [6, 6.07) is 23.0. The number of nitrogens with one attached hydrogen (secondary N) is 1. The van der Waals surface area contributed by atoms with E-state index in [1.54, 1.807) is 6.26 Å². The van der Waals surface area contributed by atoms with Crippen LogP contribution in [0.2, 0.25) is 5.02 Å². The molecule has 0 fully saturated rings. The second kappa shape index (κ2) is 8.89. The molecule has 0 unspecified atom stereocenters. The largest absolute Gasteiger partial charge is 0.469 e. The smallest absolute Gasteiger partial charge is 0.107 e.